The molecule has 0 aromatic carbocycles. The molecule has 1 aliphatic rings. The second kappa shape index (κ2) is 4.80. The molecule has 2 atom stereocenters. The second-order valence-corrected chi connectivity index (χ2v) is 6.78. The van der Waals surface area contributed by atoms with E-state index in [0.717, 1.165) is 5.92 Å². The minimum absolute atomic E-state index is 0.175. The Morgan fingerprint density at radius 3 is 2.12 bits per heavy atom. The molecule has 0 aromatic heterocycles. The van der Waals surface area contributed by atoms with Gasteiger partial charge in [-0.25, -0.2) is 0 Å². The number of nitrogens with one attached hydrogen (secondary N) is 1. The van der Waals surface area contributed by atoms with E-state index in [1.165, 1.54) is 25.7 Å². The van der Waals surface area contributed by atoms with Crippen molar-refractivity contribution in [3.63, 3.8) is 0 Å². The lowest BCUT2D eigenvalue weighted by atomic mass is 9.69. The topological polar surface area (TPSA) is 12.0 Å². The molecule has 1 fully saturated rings. The number of terminal acetylenes is 1. The normalized spacial score (nSPS) is 27.5. The second-order valence-electron chi connectivity index (χ2n) is 6.78. The van der Waals surface area contributed by atoms with Crippen LogP contribution in [0, 0.1) is 23.7 Å². The van der Waals surface area contributed by atoms with Gasteiger partial charge < -0.3 is 0 Å². The van der Waals surface area contributed by atoms with E-state index in [1.54, 1.807) is 0 Å². The Morgan fingerprint density at radius 1 is 1.06 bits per heavy atom. The van der Waals surface area contributed by atoms with Gasteiger partial charge in [-0.1, -0.05) is 39.5 Å². The van der Waals surface area contributed by atoms with Crippen molar-refractivity contribution in [2.24, 2.45) is 11.3 Å². The third kappa shape index (κ3) is 3.52. The highest BCUT2D eigenvalue weighted by molar-refractivity contribution is 5.09. The van der Waals surface area contributed by atoms with Crippen LogP contribution in [0.2, 0.25) is 0 Å². The van der Waals surface area contributed by atoms with Crippen molar-refractivity contribution in [1.82, 2.24) is 5.32 Å². The van der Waals surface area contributed by atoms with E-state index in [-0.39, 0.29) is 5.54 Å². The van der Waals surface area contributed by atoms with Gasteiger partial charge in [-0.3, -0.25) is 5.32 Å². The molecule has 1 N–H and O–H groups in total. The monoisotopic (exact) mass is 221 g/mol. The molecule has 1 nitrogen and oxygen atoms in total. The van der Waals surface area contributed by atoms with Crippen LogP contribution in [0.15, 0.2) is 0 Å². The van der Waals surface area contributed by atoms with E-state index in [9.17, 15) is 0 Å². The SMILES string of the molecule is C#CC(C)(C)NC1CCCCC1C(C)(C)C. The Hall–Kier alpha value is -0.480. The molecule has 92 valence electrons. The average Bonchev–Trinajstić information content (AvgIpc) is 2.16. The predicted molar refractivity (Wildman–Crippen MR) is 71.2 cm³/mol. The fraction of sp³-hybridized carbons (Fsp3) is 0.867. The van der Waals surface area contributed by atoms with E-state index in [0.29, 0.717) is 11.5 Å². The molecule has 16 heavy (non-hydrogen) atoms. The number of hydrogen-bond donors (Lipinski definition) is 1. The van der Waals surface area contributed by atoms with Crippen LogP contribution in [0.1, 0.15) is 60.3 Å². The van der Waals surface area contributed by atoms with Gasteiger partial charge >= 0.3 is 0 Å². The standard InChI is InChI=1S/C15H27N/c1-7-15(5,6)16-13-11-9-8-10-12(13)14(2,3)4/h1,12-13,16H,8-11H2,2-6H3. The number of hydrogen-bond acceptors (Lipinski definition) is 1. The predicted octanol–water partition coefficient (Wildman–Crippen LogP) is 3.59. The maximum Gasteiger partial charge on any atom is 0.0743 e. The van der Waals surface area contributed by atoms with Gasteiger partial charge in [0.25, 0.3) is 0 Å². The van der Waals surface area contributed by atoms with Gasteiger partial charge in [0.1, 0.15) is 0 Å². The zero-order valence-corrected chi connectivity index (χ0v) is 11.6. The zero-order chi connectivity index (χ0) is 12.4. The van der Waals surface area contributed by atoms with Crippen LogP contribution in [0.3, 0.4) is 0 Å². The average molecular weight is 221 g/mol. The summed E-state index contributed by atoms with van der Waals surface area (Å²) in [6.45, 7) is 11.2. The fourth-order valence-electron chi connectivity index (χ4n) is 2.85. The smallest absolute Gasteiger partial charge is 0.0743 e. The van der Waals surface area contributed by atoms with E-state index in [2.05, 4.69) is 45.9 Å². The largest absolute Gasteiger partial charge is 0.299 e. The first-order chi connectivity index (χ1) is 7.26. The van der Waals surface area contributed by atoms with Crippen molar-refractivity contribution in [3.05, 3.63) is 0 Å². The fourth-order valence-corrected chi connectivity index (χ4v) is 2.85. The highest BCUT2D eigenvalue weighted by Crippen LogP contribution is 2.38. The highest BCUT2D eigenvalue weighted by Gasteiger charge is 2.35. The van der Waals surface area contributed by atoms with Crippen molar-refractivity contribution in [1.29, 1.82) is 0 Å². The lowest BCUT2D eigenvalue weighted by molar-refractivity contribution is 0.119. The lowest BCUT2D eigenvalue weighted by Gasteiger charge is -2.43. The molecule has 0 radical (unpaired) electrons. The van der Waals surface area contributed by atoms with Crippen LogP contribution in [-0.4, -0.2) is 11.6 Å². The molecule has 0 aliphatic heterocycles. The van der Waals surface area contributed by atoms with Gasteiger partial charge in [-0.15, -0.1) is 6.42 Å². The van der Waals surface area contributed by atoms with Crippen molar-refractivity contribution in [2.75, 3.05) is 0 Å². The molecule has 0 aromatic rings. The van der Waals surface area contributed by atoms with E-state index >= 15 is 0 Å². The third-order valence-corrected chi connectivity index (χ3v) is 3.79. The minimum atomic E-state index is -0.175. The maximum absolute atomic E-state index is 5.57. The molecular weight excluding hydrogens is 194 g/mol. The van der Waals surface area contributed by atoms with Crippen LogP contribution in [0.4, 0.5) is 0 Å². The zero-order valence-electron chi connectivity index (χ0n) is 11.6. The summed E-state index contributed by atoms with van der Waals surface area (Å²) in [6.07, 6.45) is 10.9. The van der Waals surface area contributed by atoms with Gasteiger partial charge in [0, 0.05) is 6.04 Å². The summed E-state index contributed by atoms with van der Waals surface area (Å²) >= 11 is 0. The summed E-state index contributed by atoms with van der Waals surface area (Å²) in [5, 5.41) is 3.67. The first kappa shape index (κ1) is 13.6. The van der Waals surface area contributed by atoms with Gasteiger partial charge in [0.15, 0.2) is 0 Å². The quantitative estimate of drug-likeness (QED) is 0.703. The van der Waals surface area contributed by atoms with Gasteiger partial charge in [0.2, 0.25) is 0 Å². The summed E-state index contributed by atoms with van der Waals surface area (Å²) in [4.78, 5) is 0. The number of rotatable bonds is 2. The third-order valence-electron chi connectivity index (χ3n) is 3.79. The summed E-state index contributed by atoms with van der Waals surface area (Å²) in [7, 11) is 0. The Labute approximate surface area is 101 Å². The van der Waals surface area contributed by atoms with Crippen LogP contribution in [-0.2, 0) is 0 Å². The molecule has 1 heteroatoms. The summed E-state index contributed by atoms with van der Waals surface area (Å²) < 4.78 is 0. The Kier molecular flexibility index (Phi) is 4.07. The summed E-state index contributed by atoms with van der Waals surface area (Å²) in [6, 6.07) is 0.583. The van der Waals surface area contributed by atoms with Gasteiger partial charge in [-0.2, -0.15) is 0 Å². The van der Waals surface area contributed by atoms with Crippen LogP contribution >= 0.6 is 0 Å². The lowest BCUT2D eigenvalue weighted by Crippen LogP contribution is -2.52. The molecule has 0 spiro atoms. The molecule has 0 amide bonds. The Balaban J connectivity index is 2.73. The summed E-state index contributed by atoms with van der Waals surface area (Å²) in [5.74, 6) is 3.59. The van der Waals surface area contributed by atoms with Gasteiger partial charge in [0.05, 0.1) is 5.54 Å². The molecular formula is C15H27N. The molecule has 0 bridgehead atoms. The van der Waals surface area contributed by atoms with Crippen LogP contribution in [0.5, 0.6) is 0 Å². The molecule has 1 rings (SSSR count). The van der Waals surface area contributed by atoms with Crippen molar-refractivity contribution in [2.45, 2.75) is 71.9 Å². The molecule has 0 saturated heterocycles. The Morgan fingerprint density at radius 2 is 1.62 bits per heavy atom. The van der Waals surface area contributed by atoms with E-state index < -0.39 is 0 Å². The van der Waals surface area contributed by atoms with Crippen molar-refractivity contribution < 1.29 is 0 Å². The molecule has 1 saturated carbocycles. The first-order valence-electron chi connectivity index (χ1n) is 6.52. The van der Waals surface area contributed by atoms with Crippen LogP contribution in [0.25, 0.3) is 0 Å². The van der Waals surface area contributed by atoms with E-state index in [1.807, 2.05) is 0 Å². The summed E-state index contributed by atoms with van der Waals surface area (Å²) in [5.41, 5.74) is 0.203. The first-order valence-corrected chi connectivity index (χ1v) is 6.52. The highest BCUT2D eigenvalue weighted by atomic mass is 15.0. The van der Waals surface area contributed by atoms with Gasteiger partial charge in [-0.05, 0) is 38.0 Å². The maximum atomic E-state index is 5.57. The molecule has 0 heterocycles. The van der Waals surface area contributed by atoms with Crippen LogP contribution < -0.4 is 5.32 Å². The van der Waals surface area contributed by atoms with Crippen molar-refractivity contribution in [3.8, 4) is 12.3 Å². The van der Waals surface area contributed by atoms with Crippen molar-refractivity contribution >= 4 is 0 Å². The van der Waals surface area contributed by atoms with E-state index in [4.69, 9.17) is 6.42 Å². The Bertz CT molecular complexity index is 264. The molecule has 1 aliphatic carbocycles. The molecule has 2 unspecified atom stereocenters. The minimum Gasteiger partial charge on any atom is -0.299 e.